The van der Waals surface area contributed by atoms with Crippen molar-refractivity contribution in [3.8, 4) is 0 Å². The molecule has 0 amide bonds. The van der Waals surface area contributed by atoms with E-state index in [2.05, 4.69) is 15.0 Å². The molecule has 18 nitrogen and oxygen atoms in total. The zero-order valence-electron chi connectivity index (χ0n) is 17.7. The number of aliphatic hydroxyl groups excluding tert-OH is 8. The second-order valence-corrected chi connectivity index (χ2v) is 7.76. The molecule has 0 radical (unpaired) electrons. The summed E-state index contributed by atoms with van der Waals surface area (Å²) in [4.78, 5) is 41.0. The van der Waals surface area contributed by atoms with Crippen LogP contribution >= 0.6 is 0 Å². The fourth-order valence-electron chi connectivity index (χ4n) is 3.53. The van der Waals surface area contributed by atoms with Crippen LogP contribution in [0.25, 0.3) is 11.2 Å². The fraction of sp³-hybridized carbons (Fsp3) is 0.706. The molecule has 2 aromatic rings. The van der Waals surface area contributed by atoms with E-state index in [1.165, 1.54) is 0 Å². The van der Waals surface area contributed by atoms with Crippen molar-refractivity contribution in [1.82, 2.24) is 19.9 Å². The third kappa shape index (κ3) is 5.68. The number of imidazole rings is 1. The van der Waals surface area contributed by atoms with Crippen molar-refractivity contribution in [3.05, 3.63) is 31.3 Å². The van der Waals surface area contributed by atoms with E-state index in [1.807, 2.05) is 4.98 Å². The lowest BCUT2D eigenvalue weighted by Gasteiger charge is -2.45. The minimum absolute atomic E-state index is 0.0413. The van der Waals surface area contributed by atoms with E-state index in [0.717, 1.165) is 0 Å². The third-order valence-electron chi connectivity index (χ3n) is 5.40. The molecule has 0 aromatic carbocycles. The first kappa shape index (κ1) is 27.1. The number of nitrogens with one attached hydrogen (secondary N) is 4. The maximum Gasteiger partial charge on any atom is 0.327 e. The summed E-state index contributed by atoms with van der Waals surface area (Å²) in [6.07, 6.45) is -15.6. The monoisotopic (exact) mass is 510 g/mol. The van der Waals surface area contributed by atoms with Gasteiger partial charge in [0.2, 0.25) is 0 Å². The summed E-state index contributed by atoms with van der Waals surface area (Å²) in [6.45, 7) is -1.35. The molecule has 10 atom stereocenters. The van der Waals surface area contributed by atoms with Crippen molar-refractivity contribution < 1.29 is 55.1 Å². The van der Waals surface area contributed by atoms with Crippen molar-refractivity contribution >= 4 is 11.2 Å². The summed E-state index contributed by atoms with van der Waals surface area (Å²) in [5.41, 5.74) is -1.65. The summed E-state index contributed by atoms with van der Waals surface area (Å²) < 4.78 is 15.3. The van der Waals surface area contributed by atoms with Crippen LogP contribution in [0.15, 0.2) is 14.4 Å². The molecule has 4 rings (SSSR count). The molecule has 2 aliphatic heterocycles. The number of hydrogen-bond acceptors (Lipinski definition) is 14. The highest BCUT2D eigenvalue weighted by atomic mass is 16.7. The molecular formula is C17H26N4O14. The van der Waals surface area contributed by atoms with Crippen molar-refractivity contribution in [2.45, 2.75) is 61.4 Å². The summed E-state index contributed by atoms with van der Waals surface area (Å²) in [7, 11) is 0. The molecule has 2 saturated heterocycles. The standard InChI is InChI=1S/C12H22O11.C5H4N4O3/c13-1-3-5(15)6(16)9(19)12(22-3)23-10-4(2-14)21-11(20)8(18)7(10)17;10-3-1-2(7-4(11)6-1)8-5(12)9-3/h3-20H,1-2H2;(H4,6,7,8,9,10,11,12)/t3-,4-,5-,6+,7-,8-,9-,10-,11-,12-;/m1./s1. The van der Waals surface area contributed by atoms with Crippen LogP contribution < -0.4 is 16.9 Å². The third-order valence-corrected chi connectivity index (χ3v) is 5.40. The van der Waals surface area contributed by atoms with Gasteiger partial charge in [-0.2, -0.15) is 0 Å². The van der Waals surface area contributed by atoms with Gasteiger partial charge < -0.3 is 55.1 Å². The van der Waals surface area contributed by atoms with E-state index in [1.54, 1.807) is 0 Å². The van der Waals surface area contributed by atoms with Crippen molar-refractivity contribution in [1.29, 1.82) is 0 Å². The lowest BCUT2D eigenvalue weighted by Crippen LogP contribution is -2.64. The van der Waals surface area contributed by atoms with Gasteiger partial charge in [0.05, 0.1) is 13.2 Å². The molecule has 0 aliphatic carbocycles. The highest BCUT2D eigenvalue weighted by Gasteiger charge is 2.50. The van der Waals surface area contributed by atoms with Crippen molar-refractivity contribution in [2.24, 2.45) is 0 Å². The van der Waals surface area contributed by atoms with Crippen LogP contribution in [-0.2, 0) is 14.2 Å². The fourth-order valence-corrected chi connectivity index (χ4v) is 3.53. The number of aliphatic hydroxyl groups is 8. The minimum atomic E-state index is -1.74. The van der Waals surface area contributed by atoms with Gasteiger partial charge in [-0.1, -0.05) is 0 Å². The number of rotatable bonds is 4. The Labute approximate surface area is 193 Å². The Balaban J connectivity index is 0.000000237. The Morgan fingerprint density at radius 1 is 0.686 bits per heavy atom. The summed E-state index contributed by atoms with van der Waals surface area (Å²) in [5, 5.41) is 76.5. The lowest BCUT2D eigenvalue weighted by atomic mass is 9.97. The number of ether oxygens (including phenoxy) is 3. The first-order chi connectivity index (χ1) is 16.5. The Bertz CT molecular complexity index is 1140. The number of aromatic amines is 4. The van der Waals surface area contributed by atoms with E-state index in [4.69, 9.17) is 19.3 Å². The van der Waals surface area contributed by atoms with Gasteiger partial charge in [0.1, 0.15) is 60.0 Å². The normalized spacial score (nSPS) is 37.6. The van der Waals surface area contributed by atoms with E-state index < -0.39 is 91.6 Å². The molecule has 198 valence electrons. The number of H-pyrrole nitrogens is 4. The topological polar surface area (TPSA) is 304 Å². The average Bonchev–Trinajstić information content (AvgIpc) is 3.20. The van der Waals surface area contributed by atoms with Gasteiger partial charge in [-0.3, -0.25) is 24.7 Å². The largest absolute Gasteiger partial charge is 0.394 e. The second-order valence-electron chi connectivity index (χ2n) is 7.76. The molecule has 2 aromatic heterocycles. The van der Waals surface area contributed by atoms with Crippen LogP contribution in [0.5, 0.6) is 0 Å². The molecule has 0 saturated carbocycles. The van der Waals surface area contributed by atoms with Gasteiger partial charge in [-0.15, -0.1) is 0 Å². The maximum atomic E-state index is 10.9. The van der Waals surface area contributed by atoms with Gasteiger partial charge in [-0.05, 0) is 0 Å². The Hall–Kier alpha value is -2.49. The van der Waals surface area contributed by atoms with Crippen LogP contribution in [0.1, 0.15) is 0 Å². The zero-order valence-corrected chi connectivity index (χ0v) is 17.7. The molecule has 0 bridgehead atoms. The number of hydrogen-bond donors (Lipinski definition) is 12. The second kappa shape index (κ2) is 11.1. The van der Waals surface area contributed by atoms with E-state index in [-0.39, 0.29) is 11.2 Å². The summed E-state index contributed by atoms with van der Waals surface area (Å²) >= 11 is 0. The SMILES string of the molecule is O=c1[nH]c(=O)c2[nH]c(=O)[nH]c2[nH]1.OC[C@H]1O[C@H](O[C@H]2[C@H](O)[C@@H](O)[C@H](O)O[C@@H]2CO)[C@H](O)[C@@H](O)[C@@H]1O. The average molecular weight is 510 g/mol. The van der Waals surface area contributed by atoms with E-state index in [9.17, 15) is 50.1 Å². The molecule has 35 heavy (non-hydrogen) atoms. The number of aromatic nitrogens is 4. The molecule has 2 aliphatic rings. The van der Waals surface area contributed by atoms with Gasteiger partial charge in [-0.25, -0.2) is 9.59 Å². The van der Waals surface area contributed by atoms with E-state index in [0.29, 0.717) is 0 Å². The Kier molecular flexibility index (Phi) is 8.56. The van der Waals surface area contributed by atoms with Gasteiger partial charge in [0, 0.05) is 0 Å². The predicted octanol–water partition coefficient (Wildman–Crippen LogP) is -7.16. The van der Waals surface area contributed by atoms with Crippen LogP contribution in [0.4, 0.5) is 0 Å². The molecular weight excluding hydrogens is 484 g/mol. The van der Waals surface area contributed by atoms with Gasteiger partial charge in [0.25, 0.3) is 5.56 Å². The van der Waals surface area contributed by atoms with Crippen molar-refractivity contribution in [2.75, 3.05) is 13.2 Å². The molecule has 4 heterocycles. The molecule has 2 fully saturated rings. The van der Waals surface area contributed by atoms with Gasteiger partial charge in [0.15, 0.2) is 12.6 Å². The lowest BCUT2D eigenvalue weighted by molar-refractivity contribution is -0.355. The van der Waals surface area contributed by atoms with Crippen LogP contribution in [0, 0.1) is 0 Å². The smallest absolute Gasteiger partial charge is 0.327 e. The first-order valence-corrected chi connectivity index (χ1v) is 10.2. The quantitative estimate of drug-likeness (QED) is 0.182. The number of fused-ring (bicyclic) bond motifs is 1. The Morgan fingerprint density at radius 3 is 1.89 bits per heavy atom. The van der Waals surface area contributed by atoms with E-state index >= 15 is 0 Å². The van der Waals surface area contributed by atoms with Crippen molar-refractivity contribution in [3.63, 3.8) is 0 Å². The molecule has 18 heteroatoms. The molecule has 0 spiro atoms. The first-order valence-electron chi connectivity index (χ1n) is 10.2. The zero-order chi connectivity index (χ0) is 26.0. The predicted molar refractivity (Wildman–Crippen MR) is 109 cm³/mol. The van der Waals surface area contributed by atoms with Crippen LogP contribution in [-0.4, -0.2) is 135 Å². The van der Waals surface area contributed by atoms with Crippen LogP contribution in [0.3, 0.4) is 0 Å². The van der Waals surface area contributed by atoms with Gasteiger partial charge >= 0.3 is 11.4 Å². The Morgan fingerprint density at radius 2 is 1.29 bits per heavy atom. The maximum absolute atomic E-state index is 10.9. The minimum Gasteiger partial charge on any atom is -0.394 e. The highest BCUT2D eigenvalue weighted by Crippen LogP contribution is 2.28. The van der Waals surface area contributed by atoms with Crippen LogP contribution in [0.2, 0.25) is 0 Å². The molecule has 12 N–H and O–H groups in total. The summed E-state index contributed by atoms with van der Waals surface area (Å²) in [6, 6.07) is 0. The highest BCUT2D eigenvalue weighted by molar-refractivity contribution is 5.67. The summed E-state index contributed by atoms with van der Waals surface area (Å²) in [5.74, 6) is 0. The molecule has 0 unspecified atom stereocenters.